The second-order valence-corrected chi connectivity index (χ2v) is 5.61. The minimum Gasteiger partial charge on any atom is -0.496 e. The van der Waals surface area contributed by atoms with E-state index in [1.807, 2.05) is 12.1 Å². The summed E-state index contributed by atoms with van der Waals surface area (Å²) in [6, 6.07) is 6.06. The van der Waals surface area contributed by atoms with Gasteiger partial charge < -0.3 is 10.1 Å². The van der Waals surface area contributed by atoms with Gasteiger partial charge in [-0.05, 0) is 47.0 Å². The van der Waals surface area contributed by atoms with Crippen molar-refractivity contribution in [2.45, 2.75) is 26.7 Å². The Morgan fingerprint density at radius 1 is 1.37 bits per heavy atom. The first kappa shape index (κ1) is 14.1. The predicted octanol–water partition coefficient (Wildman–Crippen LogP) is 4.56. The lowest BCUT2D eigenvalue weighted by molar-refractivity contribution is 0.420. The largest absolute Gasteiger partial charge is 0.496 e. The third-order valence-electron chi connectivity index (χ3n) is 3.07. The molecule has 1 heterocycles. The molecule has 2 rings (SSSR count). The van der Waals surface area contributed by atoms with Gasteiger partial charge in [0.2, 0.25) is 0 Å². The number of halogens is 1. The molecule has 1 N–H and O–H groups in total. The molecule has 0 saturated heterocycles. The van der Waals surface area contributed by atoms with Crippen LogP contribution in [0.1, 0.15) is 32.4 Å². The van der Waals surface area contributed by atoms with Crippen molar-refractivity contribution in [3.05, 3.63) is 28.4 Å². The fourth-order valence-corrected chi connectivity index (χ4v) is 2.51. The normalized spacial score (nSPS) is 11.1. The number of ether oxygens (including phenoxy) is 1. The monoisotopic (exact) mass is 322 g/mol. The van der Waals surface area contributed by atoms with E-state index in [-0.39, 0.29) is 0 Å². The molecular formula is C15H19BrN2O. The minimum atomic E-state index is 0.389. The Hall–Kier alpha value is -1.29. The van der Waals surface area contributed by atoms with Gasteiger partial charge in [-0.1, -0.05) is 13.8 Å². The first-order valence-electron chi connectivity index (χ1n) is 6.49. The molecule has 0 saturated carbocycles. The lowest BCUT2D eigenvalue weighted by atomic mass is 10.1. The van der Waals surface area contributed by atoms with E-state index in [9.17, 15) is 0 Å². The number of benzene rings is 1. The fraction of sp³-hybridized carbons (Fsp3) is 0.400. The third-order valence-corrected chi connectivity index (χ3v) is 3.71. The average Bonchev–Trinajstić information content (AvgIpc) is 2.39. The summed E-state index contributed by atoms with van der Waals surface area (Å²) in [4.78, 5) is 4.76. The van der Waals surface area contributed by atoms with Crippen molar-refractivity contribution in [1.82, 2.24) is 4.98 Å². The number of anilines is 1. The number of hydrogen-bond acceptors (Lipinski definition) is 3. The summed E-state index contributed by atoms with van der Waals surface area (Å²) in [7, 11) is 1.69. The van der Waals surface area contributed by atoms with Crippen LogP contribution >= 0.6 is 15.9 Å². The fourth-order valence-electron chi connectivity index (χ4n) is 2.09. The summed E-state index contributed by atoms with van der Waals surface area (Å²) >= 11 is 3.58. The topological polar surface area (TPSA) is 34.2 Å². The number of methoxy groups -OCH3 is 1. The minimum absolute atomic E-state index is 0.389. The van der Waals surface area contributed by atoms with Crippen molar-refractivity contribution in [2.75, 3.05) is 19.0 Å². The molecule has 1 aromatic carbocycles. The van der Waals surface area contributed by atoms with Crippen LogP contribution in [0.4, 0.5) is 5.69 Å². The zero-order valence-corrected chi connectivity index (χ0v) is 13.3. The summed E-state index contributed by atoms with van der Waals surface area (Å²) in [5.74, 6) is 1.23. The Kier molecular flexibility index (Phi) is 4.30. The Bertz CT molecular complexity index is 596. The van der Waals surface area contributed by atoms with Crippen LogP contribution in [0.3, 0.4) is 0 Å². The van der Waals surface area contributed by atoms with Crippen molar-refractivity contribution in [3.63, 3.8) is 0 Å². The van der Waals surface area contributed by atoms with Crippen molar-refractivity contribution in [2.24, 2.45) is 0 Å². The van der Waals surface area contributed by atoms with Gasteiger partial charge in [-0.25, -0.2) is 0 Å². The second-order valence-electron chi connectivity index (χ2n) is 4.75. The zero-order chi connectivity index (χ0) is 14.0. The molecule has 0 bridgehead atoms. The van der Waals surface area contributed by atoms with Crippen LogP contribution in [0.15, 0.2) is 22.7 Å². The Morgan fingerprint density at radius 2 is 2.11 bits per heavy atom. The molecular weight excluding hydrogens is 304 g/mol. The lowest BCUT2D eigenvalue weighted by Gasteiger charge is -2.15. The summed E-state index contributed by atoms with van der Waals surface area (Å²) in [5, 5.41) is 4.44. The highest BCUT2D eigenvalue weighted by molar-refractivity contribution is 9.10. The lowest BCUT2D eigenvalue weighted by Crippen LogP contribution is -2.03. The highest BCUT2D eigenvalue weighted by Gasteiger charge is 2.14. The summed E-state index contributed by atoms with van der Waals surface area (Å²) in [6.07, 6.45) is 0. The molecule has 1 aromatic heterocycles. The van der Waals surface area contributed by atoms with Crippen LogP contribution in [0, 0.1) is 0 Å². The molecule has 19 heavy (non-hydrogen) atoms. The van der Waals surface area contributed by atoms with Gasteiger partial charge in [0.15, 0.2) is 0 Å². The van der Waals surface area contributed by atoms with Gasteiger partial charge in [0.25, 0.3) is 0 Å². The van der Waals surface area contributed by atoms with Gasteiger partial charge in [0.1, 0.15) is 5.75 Å². The molecule has 0 radical (unpaired) electrons. The maximum absolute atomic E-state index is 5.47. The molecule has 4 heteroatoms. The van der Waals surface area contributed by atoms with Gasteiger partial charge in [0.05, 0.1) is 18.0 Å². The predicted molar refractivity (Wildman–Crippen MR) is 84.2 cm³/mol. The first-order valence-corrected chi connectivity index (χ1v) is 7.28. The van der Waals surface area contributed by atoms with Crippen LogP contribution in [0.2, 0.25) is 0 Å². The van der Waals surface area contributed by atoms with Gasteiger partial charge in [-0.15, -0.1) is 0 Å². The summed E-state index contributed by atoms with van der Waals surface area (Å²) < 4.78 is 6.46. The molecule has 0 aliphatic rings. The molecule has 0 aliphatic carbocycles. The molecule has 0 spiro atoms. The van der Waals surface area contributed by atoms with Crippen LogP contribution in [-0.4, -0.2) is 18.6 Å². The highest BCUT2D eigenvalue weighted by atomic mass is 79.9. The van der Waals surface area contributed by atoms with Crippen molar-refractivity contribution >= 4 is 32.5 Å². The van der Waals surface area contributed by atoms with Gasteiger partial charge in [-0.3, -0.25) is 4.98 Å². The van der Waals surface area contributed by atoms with E-state index in [0.29, 0.717) is 5.92 Å². The standard InChI is InChI=1S/C15H19BrN2O/c1-5-17-12-8-11(9(2)3)18-15-10(16)6-7-13(19-4)14(12)15/h6-9H,5H2,1-4H3,(H,17,18). The summed E-state index contributed by atoms with van der Waals surface area (Å²) in [6.45, 7) is 7.26. The Labute approximate surface area is 122 Å². The molecule has 102 valence electrons. The van der Waals surface area contributed by atoms with E-state index in [1.54, 1.807) is 7.11 Å². The molecule has 0 atom stereocenters. The van der Waals surface area contributed by atoms with E-state index in [0.717, 1.165) is 39.1 Å². The smallest absolute Gasteiger partial charge is 0.130 e. The number of fused-ring (bicyclic) bond motifs is 1. The van der Waals surface area contributed by atoms with Crippen LogP contribution < -0.4 is 10.1 Å². The molecule has 0 aliphatic heterocycles. The molecule has 3 nitrogen and oxygen atoms in total. The third kappa shape index (κ3) is 2.68. The molecule has 0 fully saturated rings. The molecule has 0 amide bonds. The van der Waals surface area contributed by atoms with Gasteiger partial charge in [-0.2, -0.15) is 0 Å². The number of pyridine rings is 1. The maximum atomic E-state index is 5.47. The SMILES string of the molecule is CCNc1cc(C(C)C)nc2c(Br)ccc(OC)c12. The van der Waals surface area contributed by atoms with E-state index < -0.39 is 0 Å². The van der Waals surface area contributed by atoms with E-state index in [2.05, 4.69) is 48.1 Å². The first-order chi connectivity index (χ1) is 9.08. The zero-order valence-electron chi connectivity index (χ0n) is 11.7. The summed E-state index contributed by atoms with van der Waals surface area (Å²) in [5.41, 5.74) is 3.10. The van der Waals surface area contributed by atoms with E-state index >= 15 is 0 Å². The number of nitrogens with zero attached hydrogens (tertiary/aromatic N) is 1. The number of aromatic nitrogens is 1. The van der Waals surface area contributed by atoms with Crippen LogP contribution in [0.5, 0.6) is 5.75 Å². The molecule has 0 unspecified atom stereocenters. The van der Waals surface area contributed by atoms with Gasteiger partial charge >= 0.3 is 0 Å². The Balaban J connectivity index is 2.81. The number of hydrogen-bond donors (Lipinski definition) is 1. The van der Waals surface area contributed by atoms with Crippen molar-refractivity contribution < 1.29 is 4.74 Å². The van der Waals surface area contributed by atoms with Crippen molar-refractivity contribution in [3.8, 4) is 5.75 Å². The Morgan fingerprint density at radius 3 is 2.68 bits per heavy atom. The average molecular weight is 323 g/mol. The van der Waals surface area contributed by atoms with E-state index in [4.69, 9.17) is 9.72 Å². The number of nitrogens with one attached hydrogen (secondary N) is 1. The molecule has 2 aromatic rings. The van der Waals surface area contributed by atoms with Crippen molar-refractivity contribution in [1.29, 1.82) is 0 Å². The second kappa shape index (κ2) is 5.78. The van der Waals surface area contributed by atoms with Crippen LogP contribution in [0.25, 0.3) is 10.9 Å². The van der Waals surface area contributed by atoms with E-state index in [1.165, 1.54) is 0 Å². The highest BCUT2D eigenvalue weighted by Crippen LogP contribution is 2.37. The quantitative estimate of drug-likeness (QED) is 0.895. The maximum Gasteiger partial charge on any atom is 0.130 e. The number of rotatable bonds is 4. The van der Waals surface area contributed by atoms with Gasteiger partial charge in [0, 0.05) is 22.4 Å². The van der Waals surface area contributed by atoms with Crippen LogP contribution in [-0.2, 0) is 0 Å².